The molecule has 3 N–H and O–H groups in total. The summed E-state index contributed by atoms with van der Waals surface area (Å²) in [4.78, 5) is 33.6. The Morgan fingerprint density at radius 1 is 1.08 bits per heavy atom. The molecule has 0 saturated carbocycles. The highest BCUT2D eigenvalue weighted by Gasteiger charge is 2.34. The van der Waals surface area contributed by atoms with E-state index in [0.717, 1.165) is 6.07 Å². The van der Waals surface area contributed by atoms with Crippen molar-refractivity contribution in [1.29, 1.82) is 0 Å². The minimum absolute atomic E-state index is 0.0502. The lowest BCUT2D eigenvalue weighted by Gasteiger charge is -2.28. The van der Waals surface area contributed by atoms with Crippen LogP contribution < -0.4 is 10.6 Å². The normalized spacial score (nSPS) is 16.3. The van der Waals surface area contributed by atoms with Crippen LogP contribution in [0.25, 0.3) is 0 Å². The van der Waals surface area contributed by atoms with Gasteiger partial charge in [-0.2, -0.15) is 10.2 Å². The van der Waals surface area contributed by atoms with Crippen molar-refractivity contribution in [3.63, 3.8) is 0 Å². The maximum Gasteiger partial charge on any atom is 0.220 e. The van der Waals surface area contributed by atoms with Crippen LogP contribution >= 0.6 is 11.6 Å². The fourth-order valence-electron chi connectivity index (χ4n) is 4.86. The second-order valence-electron chi connectivity index (χ2n) is 11.3. The summed E-state index contributed by atoms with van der Waals surface area (Å²) in [5.74, 6) is -0.744. The van der Waals surface area contributed by atoms with Gasteiger partial charge < -0.3 is 30.0 Å². The zero-order valence-electron chi connectivity index (χ0n) is 26.8. The maximum absolute atomic E-state index is 13.9. The van der Waals surface area contributed by atoms with Crippen molar-refractivity contribution in [2.45, 2.75) is 44.6 Å². The molecule has 15 nitrogen and oxygen atoms in total. The molecule has 5 rings (SSSR count). The van der Waals surface area contributed by atoms with Gasteiger partial charge in [-0.1, -0.05) is 22.9 Å². The molecule has 3 aromatic rings. The van der Waals surface area contributed by atoms with E-state index >= 15 is 0 Å². The van der Waals surface area contributed by atoms with Crippen LogP contribution in [0.1, 0.15) is 42.6 Å². The molecule has 2 aliphatic heterocycles. The summed E-state index contributed by atoms with van der Waals surface area (Å²) >= 11 is 6.40. The molecule has 0 fully saturated rings. The van der Waals surface area contributed by atoms with E-state index in [0.29, 0.717) is 80.7 Å². The number of amides is 1. The van der Waals surface area contributed by atoms with E-state index in [1.807, 2.05) is 6.92 Å². The molecule has 49 heavy (non-hydrogen) atoms. The lowest BCUT2D eigenvalue weighted by Crippen LogP contribution is -2.36. The average molecular weight is 698 g/mol. The lowest BCUT2D eigenvalue weighted by molar-refractivity contribution is -0.121. The highest BCUT2D eigenvalue weighted by atomic mass is 35.5. The predicted molar refractivity (Wildman–Crippen MR) is 174 cm³/mol. The summed E-state index contributed by atoms with van der Waals surface area (Å²) < 4.78 is 32.5. The molecule has 17 heteroatoms. The van der Waals surface area contributed by atoms with Gasteiger partial charge in [0.15, 0.2) is 11.4 Å². The molecule has 4 heterocycles. The first-order valence-corrected chi connectivity index (χ1v) is 16.0. The number of halogens is 2. The standard InChI is InChI=1S/C32H37ClFN9O6/c1-32(40-41-32)7-4-28(46)36-10-12-47-14-15-48-13-11-43-17-23(39-42-43)19-49-20-26-29(27(45)18-44)30(24-3-2-22(34)16-25(24)33)38-31(37-26)21-5-8-35-9-6-21/h2-3,5-6,8-9,16-17,30,44H,4,7,10-15,18-20H2,1H3,(H,36,46)(H,37,38). The van der Waals surface area contributed by atoms with Crippen LogP contribution in [0.2, 0.25) is 5.02 Å². The first-order valence-electron chi connectivity index (χ1n) is 15.6. The monoisotopic (exact) mass is 697 g/mol. The second-order valence-corrected chi connectivity index (χ2v) is 11.7. The summed E-state index contributed by atoms with van der Waals surface area (Å²) in [5.41, 5.74) is 1.78. The molecule has 2 aliphatic rings. The van der Waals surface area contributed by atoms with Gasteiger partial charge in [-0.3, -0.25) is 19.6 Å². The van der Waals surface area contributed by atoms with E-state index in [1.54, 1.807) is 35.4 Å². The summed E-state index contributed by atoms with van der Waals surface area (Å²) in [6, 6.07) is 6.42. The van der Waals surface area contributed by atoms with Crippen LogP contribution in [0.15, 0.2) is 75.4 Å². The van der Waals surface area contributed by atoms with Crippen LogP contribution in [0.4, 0.5) is 4.39 Å². The van der Waals surface area contributed by atoms with Crippen molar-refractivity contribution in [3.05, 3.63) is 87.9 Å². The maximum atomic E-state index is 13.9. The van der Waals surface area contributed by atoms with Crippen LogP contribution in [-0.2, 0) is 37.0 Å². The number of hydrogen-bond acceptors (Lipinski definition) is 13. The number of hydrogen-bond donors (Lipinski definition) is 3. The minimum Gasteiger partial charge on any atom is -0.388 e. The Morgan fingerprint density at radius 3 is 2.59 bits per heavy atom. The number of aliphatic hydroxyl groups is 1. The highest BCUT2D eigenvalue weighted by Crippen LogP contribution is 2.36. The number of nitrogens with one attached hydrogen (secondary N) is 2. The third kappa shape index (κ3) is 10.5. The number of rotatable bonds is 20. The van der Waals surface area contributed by atoms with E-state index in [2.05, 4.69) is 36.2 Å². The quantitative estimate of drug-likeness (QED) is 0.148. The molecule has 1 amide bonds. The Labute approximate surface area is 286 Å². The summed E-state index contributed by atoms with van der Waals surface area (Å²) in [6.45, 7) is 3.52. The summed E-state index contributed by atoms with van der Waals surface area (Å²) in [7, 11) is 0. The van der Waals surface area contributed by atoms with Crippen molar-refractivity contribution >= 4 is 29.1 Å². The Morgan fingerprint density at radius 2 is 1.86 bits per heavy atom. The first kappa shape index (κ1) is 35.8. The van der Waals surface area contributed by atoms with Crippen LogP contribution in [0.3, 0.4) is 0 Å². The number of carbonyl (C=O) groups excluding carboxylic acids is 2. The number of aromatic nitrogens is 4. The van der Waals surface area contributed by atoms with Crippen molar-refractivity contribution in [1.82, 2.24) is 30.6 Å². The smallest absolute Gasteiger partial charge is 0.220 e. The molecule has 1 unspecified atom stereocenters. The van der Waals surface area contributed by atoms with Crippen molar-refractivity contribution < 1.29 is 33.3 Å². The van der Waals surface area contributed by atoms with Gasteiger partial charge in [0.05, 0.1) is 58.1 Å². The van der Waals surface area contributed by atoms with E-state index in [-0.39, 0.29) is 35.4 Å². The largest absolute Gasteiger partial charge is 0.388 e. The van der Waals surface area contributed by atoms with Gasteiger partial charge in [0.25, 0.3) is 0 Å². The Bertz CT molecular complexity index is 1690. The fourth-order valence-corrected chi connectivity index (χ4v) is 5.13. The number of pyridine rings is 1. The van der Waals surface area contributed by atoms with Crippen LogP contribution in [0, 0.1) is 5.82 Å². The van der Waals surface area contributed by atoms with Crippen molar-refractivity contribution in [2.75, 3.05) is 46.2 Å². The van der Waals surface area contributed by atoms with E-state index in [1.165, 1.54) is 12.1 Å². The molecule has 0 bridgehead atoms. The van der Waals surface area contributed by atoms with Gasteiger partial charge >= 0.3 is 0 Å². The predicted octanol–water partition coefficient (Wildman–Crippen LogP) is 2.70. The Kier molecular flexibility index (Phi) is 12.6. The number of ether oxygens (including phenoxy) is 3. The number of benzene rings is 1. The third-order valence-electron chi connectivity index (χ3n) is 7.54. The summed E-state index contributed by atoms with van der Waals surface area (Å²) in [6.07, 6.45) is 5.92. The number of aliphatic hydroxyl groups excluding tert-OH is 1. The van der Waals surface area contributed by atoms with Gasteiger partial charge in [-0.15, -0.1) is 5.10 Å². The molecule has 260 valence electrons. The number of Topliss-reactive ketones (excluding diaryl/α,β-unsaturated/α-hetero) is 1. The Hall–Kier alpha value is -4.48. The number of carbonyl (C=O) groups is 2. The van der Waals surface area contributed by atoms with E-state index in [4.69, 9.17) is 30.8 Å². The number of amidine groups is 1. The van der Waals surface area contributed by atoms with E-state index in [9.17, 15) is 19.1 Å². The molecule has 0 spiro atoms. The third-order valence-corrected chi connectivity index (χ3v) is 7.86. The van der Waals surface area contributed by atoms with Crippen molar-refractivity contribution in [2.24, 2.45) is 15.2 Å². The number of nitrogens with zero attached hydrogens (tertiary/aromatic N) is 7. The van der Waals surface area contributed by atoms with E-state index < -0.39 is 24.2 Å². The van der Waals surface area contributed by atoms with Crippen LogP contribution in [0.5, 0.6) is 0 Å². The van der Waals surface area contributed by atoms with Crippen molar-refractivity contribution in [3.8, 4) is 0 Å². The Balaban J connectivity index is 1.08. The molecule has 0 radical (unpaired) electrons. The number of aliphatic imine (C=N–C) groups is 1. The molecule has 0 aliphatic carbocycles. The van der Waals surface area contributed by atoms with Gasteiger partial charge in [0, 0.05) is 53.5 Å². The molecule has 0 saturated heterocycles. The van der Waals surface area contributed by atoms with Gasteiger partial charge in [-0.05, 0) is 31.2 Å². The SMILES string of the molecule is CC1(CCC(=O)NCCOCCOCCn2cc(COCC3=C(C(=O)CO)C(c4ccc(F)cc4Cl)N=C(c4ccncc4)N3)nn2)N=N1. The summed E-state index contributed by atoms with van der Waals surface area (Å²) in [5, 5.41) is 31.9. The van der Waals surface area contributed by atoms with Crippen LogP contribution in [-0.4, -0.2) is 94.5 Å². The molecular weight excluding hydrogens is 661 g/mol. The topological polar surface area (TPSA) is 187 Å². The molecule has 2 aromatic heterocycles. The zero-order valence-corrected chi connectivity index (χ0v) is 27.6. The number of ketones is 1. The minimum atomic E-state index is -0.929. The second kappa shape index (κ2) is 17.3. The zero-order chi connectivity index (χ0) is 34.6. The first-order chi connectivity index (χ1) is 23.7. The molecule has 1 aromatic carbocycles. The molecular formula is C32H37ClFN9O6. The fraction of sp³-hybridized carbons (Fsp3) is 0.438. The van der Waals surface area contributed by atoms with Gasteiger partial charge in [-0.25, -0.2) is 9.07 Å². The molecule has 1 atom stereocenters. The average Bonchev–Trinajstić information content (AvgIpc) is 3.67. The van der Waals surface area contributed by atoms with Gasteiger partial charge in [0.1, 0.15) is 30.0 Å². The highest BCUT2D eigenvalue weighted by molar-refractivity contribution is 6.31. The van der Waals surface area contributed by atoms with Gasteiger partial charge in [0.2, 0.25) is 5.91 Å². The lowest BCUT2D eigenvalue weighted by atomic mass is 9.92.